The number of benzene rings is 2. The van der Waals surface area contributed by atoms with E-state index >= 15 is 0 Å². The van der Waals surface area contributed by atoms with Gasteiger partial charge < -0.3 is 4.74 Å². The monoisotopic (exact) mass is 499 g/mol. The summed E-state index contributed by atoms with van der Waals surface area (Å²) in [5.74, 6) is 3.49. The molecule has 4 nitrogen and oxygen atoms in total. The van der Waals surface area contributed by atoms with Crippen LogP contribution in [0.25, 0.3) is 22.3 Å². The minimum absolute atomic E-state index is 0.0302. The first-order valence-electron chi connectivity index (χ1n) is 11.8. The number of ketones is 1. The van der Waals surface area contributed by atoms with Crippen LogP contribution in [0.4, 0.5) is 10.5 Å². The van der Waals surface area contributed by atoms with E-state index in [-0.39, 0.29) is 5.78 Å². The van der Waals surface area contributed by atoms with Crippen molar-refractivity contribution in [2.45, 2.75) is 59.5 Å². The van der Waals surface area contributed by atoms with Crippen molar-refractivity contribution < 1.29 is 14.3 Å². The van der Waals surface area contributed by atoms with Gasteiger partial charge in [-0.2, -0.15) is 0 Å². The predicted octanol–water partition coefficient (Wildman–Crippen LogP) is 7.42. The summed E-state index contributed by atoms with van der Waals surface area (Å²) in [5, 5.41) is 1.96. The number of carbonyl (C=O) groups excluding carboxylic acids is 2. The van der Waals surface area contributed by atoms with Gasteiger partial charge in [-0.15, -0.1) is 16.9 Å². The number of carbonyl (C=O) groups is 2. The Morgan fingerprint density at radius 3 is 2.46 bits per heavy atom. The van der Waals surface area contributed by atoms with Gasteiger partial charge >= 0.3 is 6.09 Å². The van der Waals surface area contributed by atoms with Gasteiger partial charge in [0.2, 0.25) is 5.78 Å². The number of hydrogen-bond donors (Lipinski definition) is 0. The Balaban J connectivity index is 1.90. The largest absolute Gasteiger partial charge is 0.443 e. The maximum Gasteiger partial charge on any atom is 0.415 e. The summed E-state index contributed by atoms with van der Waals surface area (Å²) in [7, 11) is -1.75. The molecule has 1 aliphatic heterocycles. The van der Waals surface area contributed by atoms with Crippen LogP contribution in [0.15, 0.2) is 35.7 Å². The molecule has 1 amide bonds. The summed E-state index contributed by atoms with van der Waals surface area (Å²) < 4.78 is 5.85. The molecule has 35 heavy (non-hydrogen) atoms. The van der Waals surface area contributed by atoms with E-state index in [1.165, 1.54) is 11.3 Å². The fourth-order valence-corrected chi connectivity index (χ4v) is 6.17. The van der Waals surface area contributed by atoms with Crippen LogP contribution in [0.3, 0.4) is 0 Å². The number of nitrogens with zero attached hydrogens (tertiary/aromatic N) is 1. The van der Waals surface area contributed by atoms with Crippen LogP contribution in [0.1, 0.15) is 52.7 Å². The first-order chi connectivity index (χ1) is 16.4. The van der Waals surface area contributed by atoms with Crippen molar-refractivity contribution in [3.8, 4) is 33.7 Å². The second-order valence-corrected chi connectivity index (χ2v) is 16.9. The van der Waals surface area contributed by atoms with Gasteiger partial charge in [0.05, 0.1) is 17.1 Å². The second kappa shape index (κ2) is 7.94. The summed E-state index contributed by atoms with van der Waals surface area (Å²) in [6, 6.07) is 10.1. The highest BCUT2D eigenvalue weighted by Crippen LogP contribution is 2.53. The summed E-state index contributed by atoms with van der Waals surface area (Å²) in [6.07, 6.45) is -0.393. The fourth-order valence-electron chi connectivity index (χ4n) is 4.82. The number of fused-ring (bicyclic) bond motifs is 6. The van der Waals surface area contributed by atoms with Gasteiger partial charge in [0.25, 0.3) is 0 Å². The summed E-state index contributed by atoms with van der Waals surface area (Å²) >= 11 is 1.47. The lowest BCUT2D eigenvalue weighted by molar-refractivity contribution is 0.0577. The Hall–Kier alpha value is -3.14. The van der Waals surface area contributed by atoms with Crippen LogP contribution >= 0.6 is 11.3 Å². The summed E-state index contributed by atoms with van der Waals surface area (Å²) in [5.41, 5.74) is 10.7. The molecule has 0 N–H and O–H groups in total. The maximum atomic E-state index is 13.7. The molecular formula is C29H29NO3SSi. The number of thiophene rings is 1. The number of amides is 1. The molecule has 2 heterocycles. The van der Waals surface area contributed by atoms with Gasteiger partial charge in [-0.05, 0) is 55.8 Å². The highest BCUT2D eigenvalue weighted by molar-refractivity contribution is 7.13. The number of ether oxygens (including phenoxy) is 1. The molecule has 2 aliphatic rings. The lowest BCUT2D eigenvalue weighted by Crippen LogP contribution is -2.39. The molecule has 0 saturated heterocycles. The second-order valence-electron chi connectivity index (χ2n) is 11.2. The lowest BCUT2D eigenvalue weighted by Gasteiger charge is -2.35. The summed E-state index contributed by atoms with van der Waals surface area (Å²) in [6.45, 7) is 14.6. The van der Waals surface area contributed by atoms with Crippen LogP contribution in [-0.2, 0) is 11.3 Å². The highest BCUT2D eigenvalue weighted by Gasteiger charge is 2.40. The highest BCUT2D eigenvalue weighted by atomic mass is 32.1. The molecule has 0 bridgehead atoms. The smallest absolute Gasteiger partial charge is 0.415 e. The standard InChI is InChI=1S/C29H29NO3SSi/c1-17-22-21-12-14-34-27(21)26(31)24(22)20(13-15-35(5,6)7)23-19-11-9-8-10-18(19)16-30(25(17)23)28(32)33-29(2,3)4/h8-12,14H,16H2,1-7H3. The molecule has 3 aromatic rings. The number of hydrogen-bond acceptors (Lipinski definition) is 4. The van der Waals surface area contributed by atoms with Gasteiger partial charge in [-0.1, -0.05) is 49.8 Å². The van der Waals surface area contributed by atoms with Crippen LogP contribution in [0.5, 0.6) is 0 Å². The minimum atomic E-state index is -1.75. The predicted molar refractivity (Wildman–Crippen MR) is 146 cm³/mol. The first-order valence-corrected chi connectivity index (χ1v) is 16.2. The van der Waals surface area contributed by atoms with Crippen molar-refractivity contribution >= 4 is 37.0 Å². The minimum Gasteiger partial charge on any atom is -0.443 e. The Morgan fingerprint density at radius 1 is 1.06 bits per heavy atom. The van der Waals surface area contributed by atoms with Gasteiger partial charge in [0.15, 0.2) is 0 Å². The third kappa shape index (κ3) is 3.93. The van der Waals surface area contributed by atoms with E-state index in [2.05, 4.69) is 37.2 Å². The zero-order valence-electron chi connectivity index (χ0n) is 21.3. The van der Waals surface area contributed by atoms with Gasteiger partial charge in [-0.25, -0.2) is 4.79 Å². The van der Waals surface area contributed by atoms with Crippen LogP contribution < -0.4 is 4.90 Å². The molecule has 1 aliphatic carbocycles. The van der Waals surface area contributed by atoms with E-state index in [9.17, 15) is 9.59 Å². The summed E-state index contributed by atoms with van der Waals surface area (Å²) in [4.78, 5) is 29.7. The third-order valence-electron chi connectivity index (χ3n) is 6.15. The Kier molecular flexibility index (Phi) is 5.35. The Labute approximate surface area is 211 Å². The first kappa shape index (κ1) is 23.6. The van der Waals surface area contributed by atoms with E-state index < -0.39 is 19.8 Å². The van der Waals surface area contributed by atoms with Crippen molar-refractivity contribution in [1.82, 2.24) is 0 Å². The van der Waals surface area contributed by atoms with Gasteiger partial charge in [0.1, 0.15) is 13.7 Å². The van der Waals surface area contributed by atoms with Crippen molar-refractivity contribution in [3.63, 3.8) is 0 Å². The molecule has 0 saturated carbocycles. The quantitative estimate of drug-likeness (QED) is 0.187. The molecule has 178 valence electrons. The number of rotatable bonds is 0. The van der Waals surface area contributed by atoms with E-state index in [0.717, 1.165) is 49.5 Å². The Bertz CT molecular complexity index is 1470. The lowest BCUT2D eigenvalue weighted by atomic mass is 9.83. The molecule has 0 spiro atoms. The maximum absolute atomic E-state index is 13.7. The zero-order chi connectivity index (χ0) is 25.3. The zero-order valence-corrected chi connectivity index (χ0v) is 23.1. The molecule has 6 heteroatoms. The topological polar surface area (TPSA) is 46.6 Å². The van der Waals surface area contributed by atoms with Crippen molar-refractivity contribution in [2.24, 2.45) is 0 Å². The Morgan fingerprint density at radius 2 is 1.77 bits per heavy atom. The van der Waals surface area contributed by atoms with Crippen molar-refractivity contribution in [1.29, 1.82) is 0 Å². The van der Waals surface area contributed by atoms with Crippen LogP contribution in [0, 0.1) is 18.4 Å². The average Bonchev–Trinajstić information content (AvgIpc) is 3.33. The van der Waals surface area contributed by atoms with E-state index in [4.69, 9.17) is 4.74 Å². The average molecular weight is 500 g/mol. The SMILES string of the molecule is Cc1c2c(c(C#C[Si](C)(C)C)c3c1N(C(=O)OC(C)(C)C)Cc1ccccc1-3)C(=O)c1sccc1-2. The van der Waals surface area contributed by atoms with E-state index in [1.54, 1.807) is 4.90 Å². The fraction of sp³-hybridized carbons (Fsp3) is 0.310. The molecule has 0 atom stereocenters. The molecule has 0 radical (unpaired) electrons. The van der Waals surface area contributed by atoms with Crippen LogP contribution in [0.2, 0.25) is 19.6 Å². The molecule has 1 aromatic heterocycles. The van der Waals surface area contributed by atoms with E-state index in [1.807, 2.05) is 57.3 Å². The van der Waals surface area contributed by atoms with Crippen LogP contribution in [-0.4, -0.2) is 25.6 Å². The molecular weight excluding hydrogens is 470 g/mol. The van der Waals surface area contributed by atoms with Crippen molar-refractivity contribution in [3.05, 3.63) is 62.8 Å². The van der Waals surface area contributed by atoms with Gasteiger partial charge in [0, 0.05) is 27.8 Å². The van der Waals surface area contributed by atoms with Gasteiger partial charge in [-0.3, -0.25) is 9.69 Å². The molecule has 0 unspecified atom stereocenters. The molecule has 0 fully saturated rings. The van der Waals surface area contributed by atoms with Crippen molar-refractivity contribution in [2.75, 3.05) is 4.90 Å². The number of anilines is 1. The third-order valence-corrected chi connectivity index (χ3v) is 7.93. The molecule has 5 rings (SSSR count). The normalized spacial score (nSPS) is 13.9. The molecule has 2 aromatic carbocycles. The van der Waals surface area contributed by atoms with E-state index in [0.29, 0.717) is 12.1 Å².